The fourth-order valence-corrected chi connectivity index (χ4v) is 3.57. The number of anilines is 2. The van der Waals surface area contributed by atoms with Crippen molar-refractivity contribution in [3.05, 3.63) is 88.5 Å². The number of benzene rings is 3. The van der Waals surface area contributed by atoms with E-state index in [1.807, 2.05) is 39.0 Å². The molecule has 3 amide bonds. The zero-order valence-electron chi connectivity index (χ0n) is 17.6. The molecule has 0 unspecified atom stereocenters. The van der Waals surface area contributed by atoms with Crippen molar-refractivity contribution in [2.45, 2.75) is 20.8 Å². The average molecular weight is 414 g/mol. The number of hydrogen-bond donors (Lipinski definition) is 1. The number of imide groups is 1. The Labute approximate surface area is 180 Å². The van der Waals surface area contributed by atoms with Gasteiger partial charge < -0.3 is 10.1 Å². The molecule has 0 saturated carbocycles. The van der Waals surface area contributed by atoms with Gasteiger partial charge in [-0.1, -0.05) is 12.1 Å². The number of nitrogens with zero attached hydrogens (tertiary/aromatic N) is 1. The molecule has 3 aromatic rings. The lowest BCUT2D eigenvalue weighted by Gasteiger charge is -2.17. The van der Waals surface area contributed by atoms with Crippen LogP contribution in [0.3, 0.4) is 0 Å². The van der Waals surface area contributed by atoms with E-state index in [2.05, 4.69) is 5.32 Å². The van der Waals surface area contributed by atoms with Gasteiger partial charge in [0.15, 0.2) is 0 Å². The molecule has 4 rings (SSSR count). The van der Waals surface area contributed by atoms with Gasteiger partial charge in [0.1, 0.15) is 5.75 Å². The van der Waals surface area contributed by atoms with Crippen LogP contribution in [0.2, 0.25) is 0 Å². The van der Waals surface area contributed by atoms with Crippen LogP contribution in [-0.4, -0.2) is 24.3 Å². The third-order valence-corrected chi connectivity index (χ3v) is 5.18. The van der Waals surface area contributed by atoms with Gasteiger partial charge in [0, 0.05) is 11.3 Å². The molecule has 1 aliphatic rings. The minimum absolute atomic E-state index is 0.227. The third-order valence-electron chi connectivity index (χ3n) is 5.18. The first kappa shape index (κ1) is 20.3. The van der Waals surface area contributed by atoms with E-state index in [9.17, 15) is 14.4 Å². The first-order valence-electron chi connectivity index (χ1n) is 10.0. The normalized spacial score (nSPS) is 12.7. The van der Waals surface area contributed by atoms with Gasteiger partial charge in [0.05, 0.1) is 23.4 Å². The summed E-state index contributed by atoms with van der Waals surface area (Å²) in [7, 11) is 0. The second-order valence-corrected chi connectivity index (χ2v) is 7.41. The number of amides is 3. The fraction of sp³-hybridized carbons (Fsp3) is 0.160. The van der Waals surface area contributed by atoms with E-state index >= 15 is 0 Å². The number of fused-ring (bicyclic) bond motifs is 1. The zero-order valence-corrected chi connectivity index (χ0v) is 17.6. The predicted molar refractivity (Wildman–Crippen MR) is 119 cm³/mol. The van der Waals surface area contributed by atoms with Crippen LogP contribution in [0.1, 0.15) is 49.1 Å². The topological polar surface area (TPSA) is 75.7 Å². The van der Waals surface area contributed by atoms with E-state index in [0.29, 0.717) is 34.9 Å². The van der Waals surface area contributed by atoms with E-state index in [4.69, 9.17) is 4.74 Å². The molecule has 0 saturated heterocycles. The Morgan fingerprint density at radius 1 is 0.903 bits per heavy atom. The van der Waals surface area contributed by atoms with Gasteiger partial charge in [-0.15, -0.1) is 0 Å². The Kier molecular flexibility index (Phi) is 5.29. The van der Waals surface area contributed by atoms with Crippen molar-refractivity contribution in [3.63, 3.8) is 0 Å². The lowest BCUT2D eigenvalue weighted by molar-refractivity contribution is 0.0925. The Morgan fingerprint density at radius 2 is 1.61 bits per heavy atom. The van der Waals surface area contributed by atoms with Gasteiger partial charge in [0.2, 0.25) is 0 Å². The highest BCUT2D eigenvalue weighted by molar-refractivity contribution is 6.35. The molecule has 0 bridgehead atoms. The molecule has 31 heavy (non-hydrogen) atoms. The molecule has 6 nitrogen and oxygen atoms in total. The number of carbonyl (C=O) groups is 3. The minimum atomic E-state index is -0.426. The largest absolute Gasteiger partial charge is 0.494 e. The molecule has 6 heteroatoms. The summed E-state index contributed by atoms with van der Waals surface area (Å²) in [4.78, 5) is 39.9. The molecule has 1 heterocycles. The number of nitrogens with one attached hydrogen (secondary N) is 1. The SMILES string of the molecule is CCOc1ccc(NC(=O)c2ccc3c(c2)C(=O)N(c2cc(C)ccc2C)C3=O)cc1. The molecule has 0 spiro atoms. The highest BCUT2D eigenvalue weighted by Gasteiger charge is 2.37. The molecule has 1 N–H and O–H groups in total. The summed E-state index contributed by atoms with van der Waals surface area (Å²) in [5.41, 5.74) is 3.77. The second kappa shape index (κ2) is 8.07. The number of aryl methyl sites for hydroxylation is 2. The first-order chi connectivity index (χ1) is 14.9. The van der Waals surface area contributed by atoms with E-state index in [0.717, 1.165) is 11.1 Å². The van der Waals surface area contributed by atoms with Crippen molar-refractivity contribution in [1.82, 2.24) is 0 Å². The van der Waals surface area contributed by atoms with Gasteiger partial charge in [-0.25, -0.2) is 4.90 Å². The van der Waals surface area contributed by atoms with Crippen molar-refractivity contribution >= 4 is 29.1 Å². The van der Waals surface area contributed by atoms with Gasteiger partial charge in [0.25, 0.3) is 17.7 Å². The molecule has 0 atom stereocenters. The Bertz CT molecular complexity index is 1200. The Morgan fingerprint density at radius 3 is 2.32 bits per heavy atom. The second-order valence-electron chi connectivity index (χ2n) is 7.41. The van der Waals surface area contributed by atoms with Crippen LogP contribution < -0.4 is 15.0 Å². The zero-order chi connectivity index (χ0) is 22.1. The average Bonchev–Trinajstić information content (AvgIpc) is 3.01. The summed E-state index contributed by atoms with van der Waals surface area (Å²) >= 11 is 0. The maximum Gasteiger partial charge on any atom is 0.266 e. The highest BCUT2D eigenvalue weighted by atomic mass is 16.5. The summed E-state index contributed by atoms with van der Waals surface area (Å²) in [5.74, 6) is -0.456. The molecule has 0 aromatic heterocycles. The summed E-state index contributed by atoms with van der Waals surface area (Å²) in [6.07, 6.45) is 0. The number of hydrogen-bond acceptors (Lipinski definition) is 4. The van der Waals surface area contributed by atoms with Gasteiger partial charge in [-0.3, -0.25) is 14.4 Å². The van der Waals surface area contributed by atoms with Crippen molar-refractivity contribution < 1.29 is 19.1 Å². The van der Waals surface area contributed by atoms with Crippen LogP contribution in [0.4, 0.5) is 11.4 Å². The number of carbonyl (C=O) groups excluding carboxylic acids is 3. The van der Waals surface area contributed by atoms with Crippen LogP contribution in [0.5, 0.6) is 5.75 Å². The van der Waals surface area contributed by atoms with Crippen LogP contribution >= 0.6 is 0 Å². The van der Waals surface area contributed by atoms with Crippen LogP contribution in [0, 0.1) is 13.8 Å². The van der Waals surface area contributed by atoms with Crippen LogP contribution in [-0.2, 0) is 0 Å². The number of ether oxygens (including phenoxy) is 1. The summed E-state index contributed by atoms with van der Waals surface area (Å²) < 4.78 is 5.40. The van der Waals surface area contributed by atoms with E-state index in [-0.39, 0.29) is 17.4 Å². The van der Waals surface area contributed by atoms with Crippen molar-refractivity contribution in [1.29, 1.82) is 0 Å². The van der Waals surface area contributed by atoms with Crippen LogP contribution in [0.15, 0.2) is 60.7 Å². The summed E-state index contributed by atoms with van der Waals surface area (Å²) in [6.45, 7) is 6.22. The summed E-state index contributed by atoms with van der Waals surface area (Å²) in [5, 5.41) is 2.80. The van der Waals surface area contributed by atoms with E-state index in [1.54, 1.807) is 30.3 Å². The molecular formula is C25H22N2O4. The maximum atomic E-state index is 13.1. The minimum Gasteiger partial charge on any atom is -0.494 e. The van der Waals surface area contributed by atoms with Crippen molar-refractivity contribution in [3.8, 4) is 5.75 Å². The lowest BCUT2D eigenvalue weighted by Crippen LogP contribution is -2.30. The highest BCUT2D eigenvalue weighted by Crippen LogP contribution is 2.32. The van der Waals surface area contributed by atoms with Gasteiger partial charge >= 0.3 is 0 Å². The van der Waals surface area contributed by atoms with E-state index < -0.39 is 5.91 Å². The monoisotopic (exact) mass is 414 g/mol. The lowest BCUT2D eigenvalue weighted by atomic mass is 10.1. The molecule has 3 aromatic carbocycles. The summed E-state index contributed by atoms with van der Waals surface area (Å²) in [6, 6.07) is 17.2. The smallest absolute Gasteiger partial charge is 0.266 e. The molecule has 156 valence electrons. The molecule has 1 aliphatic heterocycles. The first-order valence-corrected chi connectivity index (χ1v) is 10.0. The Hall–Kier alpha value is -3.93. The van der Waals surface area contributed by atoms with Crippen molar-refractivity contribution in [2.24, 2.45) is 0 Å². The third kappa shape index (κ3) is 3.80. The standard InChI is InChI=1S/C25H22N2O4/c1-4-31-19-10-8-18(9-11-19)26-23(28)17-7-12-20-21(14-17)25(30)27(24(20)29)22-13-15(2)5-6-16(22)3/h5-14H,4H2,1-3H3,(H,26,28). The quantitative estimate of drug-likeness (QED) is 0.611. The Balaban J connectivity index is 1.59. The van der Waals surface area contributed by atoms with Gasteiger partial charge in [-0.05, 0) is 80.4 Å². The van der Waals surface area contributed by atoms with Gasteiger partial charge in [-0.2, -0.15) is 0 Å². The van der Waals surface area contributed by atoms with Crippen molar-refractivity contribution in [2.75, 3.05) is 16.8 Å². The van der Waals surface area contributed by atoms with Crippen LogP contribution in [0.25, 0.3) is 0 Å². The number of rotatable bonds is 5. The molecule has 0 fully saturated rings. The fourth-order valence-electron chi connectivity index (χ4n) is 3.57. The molecule has 0 aliphatic carbocycles. The van der Waals surface area contributed by atoms with E-state index in [1.165, 1.54) is 17.0 Å². The predicted octanol–water partition coefficient (Wildman–Crippen LogP) is 4.76. The maximum absolute atomic E-state index is 13.1. The molecular weight excluding hydrogens is 392 g/mol. The molecule has 0 radical (unpaired) electrons.